The van der Waals surface area contributed by atoms with E-state index >= 15 is 0 Å². The Morgan fingerprint density at radius 1 is 1.67 bits per heavy atom. The second kappa shape index (κ2) is 3.22. The number of hydrogen-bond acceptors (Lipinski definition) is 2. The first-order chi connectivity index (χ1) is 3.95. The van der Waals surface area contributed by atoms with E-state index in [4.69, 9.17) is 10.7 Å². The molecule has 0 aromatic heterocycles. The van der Waals surface area contributed by atoms with Crippen LogP contribution in [0.5, 0.6) is 0 Å². The summed E-state index contributed by atoms with van der Waals surface area (Å²) in [7, 11) is 1.56. The lowest BCUT2D eigenvalue weighted by Crippen LogP contribution is -1.98. The van der Waals surface area contributed by atoms with Crippen molar-refractivity contribution in [3.63, 3.8) is 0 Å². The van der Waals surface area contributed by atoms with Gasteiger partial charge in [0.05, 0.1) is 5.75 Å². The van der Waals surface area contributed by atoms with Gasteiger partial charge in [0.15, 0.2) is 0 Å². The van der Waals surface area contributed by atoms with Gasteiger partial charge < -0.3 is 0 Å². The molecule has 0 radical (unpaired) electrons. The lowest BCUT2D eigenvalue weighted by Gasteiger charge is -1.95. The van der Waals surface area contributed by atoms with Crippen LogP contribution in [-0.4, -0.2) is 14.2 Å². The molecule has 0 aliphatic rings. The third-order valence-corrected chi connectivity index (χ3v) is 1.96. The average molecular weight is 169 g/mol. The zero-order valence-corrected chi connectivity index (χ0v) is 6.80. The molecule has 9 heavy (non-hydrogen) atoms. The minimum atomic E-state index is -3.36. The Labute approximate surface area is 59.9 Å². The molecule has 0 fully saturated rings. The Balaban J connectivity index is 3.91. The second-order valence-corrected chi connectivity index (χ2v) is 4.56. The van der Waals surface area contributed by atoms with Gasteiger partial charge in [0.25, 0.3) is 0 Å². The van der Waals surface area contributed by atoms with Gasteiger partial charge in [-0.25, -0.2) is 8.42 Å². The van der Waals surface area contributed by atoms with Gasteiger partial charge in [-0.2, -0.15) is 0 Å². The quantitative estimate of drug-likeness (QED) is 0.473. The fraction of sp³-hybridized carbons (Fsp3) is 0.600. The molecule has 0 rings (SSSR count). The van der Waals surface area contributed by atoms with Crippen molar-refractivity contribution < 1.29 is 8.42 Å². The van der Waals surface area contributed by atoms with Crippen LogP contribution < -0.4 is 0 Å². The summed E-state index contributed by atoms with van der Waals surface area (Å²) in [4.78, 5) is 0. The molecular formula is C5H9ClO2S. The average Bonchev–Trinajstić information content (AvgIpc) is 1.62. The minimum absolute atomic E-state index is 0.106. The van der Waals surface area contributed by atoms with Crippen molar-refractivity contribution in [2.45, 2.75) is 13.3 Å². The molecule has 0 aliphatic heterocycles. The van der Waals surface area contributed by atoms with Crippen molar-refractivity contribution in [1.82, 2.24) is 0 Å². The van der Waals surface area contributed by atoms with Gasteiger partial charge in [0, 0.05) is 10.7 Å². The van der Waals surface area contributed by atoms with Crippen molar-refractivity contribution in [2.24, 2.45) is 0 Å². The van der Waals surface area contributed by atoms with Crippen LogP contribution in [0.25, 0.3) is 0 Å². The van der Waals surface area contributed by atoms with E-state index in [0.717, 1.165) is 0 Å². The van der Waals surface area contributed by atoms with Crippen LogP contribution in [0.4, 0.5) is 0 Å². The fourth-order valence-electron chi connectivity index (χ4n) is 0.346. The monoisotopic (exact) mass is 168 g/mol. The van der Waals surface area contributed by atoms with E-state index in [1.54, 1.807) is 0 Å². The summed E-state index contributed by atoms with van der Waals surface area (Å²) >= 11 is 0. The van der Waals surface area contributed by atoms with E-state index in [1.165, 1.54) is 0 Å². The highest BCUT2D eigenvalue weighted by Gasteiger charge is 2.05. The van der Waals surface area contributed by atoms with Crippen molar-refractivity contribution in [1.29, 1.82) is 0 Å². The molecule has 0 atom stereocenters. The molecule has 0 aliphatic carbocycles. The molecule has 0 amide bonds. The topological polar surface area (TPSA) is 34.1 Å². The second-order valence-electron chi connectivity index (χ2n) is 1.79. The number of halogens is 1. The van der Waals surface area contributed by atoms with Crippen LogP contribution in [-0.2, 0) is 9.05 Å². The first-order valence-corrected chi connectivity index (χ1v) is 5.02. The summed E-state index contributed by atoms with van der Waals surface area (Å²) in [5.41, 5.74) is 0.644. The summed E-state index contributed by atoms with van der Waals surface area (Å²) < 4.78 is 20.6. The molecule has 0 aromatic carbocycles. The van der Waals surface area contributed by atoms with Gasteiger partial charge in [0.1, 0.15) is 0 Å². The van der Waals surface area contributed by atoms with Crippen molar-refractivity contribution >= 4 is 19.7 Å². The Morgan fingerprint density at radius 3 is 2.22 bits per heavy atom. The van der Waals surface area contributed by atoms with Crippen LogP contribution in [0.15, 0.2) is 12.2 Å². The van der Waals surface area contributed by atoms with Crippen LogP contribution in [0.1, 0.15) is 13.3 Å². The Bertz CT molecular complexity index is 193. The van der Waals surface area contributed by atoms with E-state index in [9.17, 15) is 8.42 Å². The van der Waals surface area contributed by atoms with Crippen molar-refractivity contribution in [3.05, 3.63) is 12.2 Å². The summed E-state index contributed by atoms with van der Waals surface area (Å²) in [5.74, 6) is -0.106. The predicted octanol–water partition coefficient (Wildman–Crippen LogP) is 1.52. The van der Waals surface area contributed by atoms with E-state index in [-0.39, 0.29) is 5.75 Å². The first-order valence-electron chi connectivity index (χ1n) is 2.54. The van der Waals surface area contributed by atoms with Gasteiger partial charge in [-0.3, -0.25) is 0 Å². The van der Waals surface area contributed by atoms with Gasteiger partial charge in [0.2, 0.25) is 9.05 Å². The van der Waals surface area contributed by atoms with Gasteiger partial charge in [-0.1, -0.05) is 19.1 Å². The largest absolute Gasteiger partial charge is 0.236 e. The normalized spacial score (nSPS) is 11.3. The maximum absolute atomic E-state index is 10.3. The molecule has 0 bridgehead atoms. The Kier molecular flexibility index (Phi) is 3.22. The standard InChI is InChI=1S/C5H9ClO2S/c1-3-5(2)4-9(6,7)8/h2-4H2,1H3. The molecule has 54 valence electrons. The Morgan fingerprint density at radius 2 is 2.11 bits per heavy atom. The van der Waals surface area contributed by atoms with Crippen LogP contribution in [0.3, 0.4) is 0 Å². The third-order valence-electron chi connectivity index (χ3n) is 0.877. The highest BCUT2D eigenvalue weighted by molar-refractivity contribution is 8.13. The lowest BCUT2D eigenvalue weighted by atomic mass is 10.3. The molecule has 0 aromatic rings. The lowest BCUT2D eigenvalue weighted by molar-refractivity contribution is 0.611. The molecule has 0 N–H and O–H groups in total. The highest BCUT2D eigenvalue weighted by atomic mass is 35.7. The summed E-state index contributed by atoms with van der Waals surface area (Å²) in [6.45, 7) is 5.33. The smallest absolute Gasteiger partial charge is 0.212 e. The molecule has 0 saturated heterocycles. The van der Waals surface area contributed by atoms with E-state index in [2.05, 4.69) is 6.58 Å². The van der Waals surface area contributed by atoms with Crippen molar-refractivity contribution in [2.75, 3.05) is 5.75 Å². The first kappa shape index (κ1) is 8.98. The summed E-state index contributed by atoms with van der Waals surface area (Å²) in [6, 6.07) is 0. The van der Waals surface area contributed by atoms with Gasteiger partial charge in [-0.15, -0.1) is 0 Å². The van der Waals surface area contributed by atoms with E-state index < -0.39 is 9.05 Å². The summed E-state index contributed by atoms with van der Waals surface area (Å²) in [6.07, 6.45) is 0.659. The van der Waals surface area contributed by atoms with E-state index in [1.807, 2.05) is 6.92 Å². The zero-order chi connectivity index (χ0) is 7.49. The van der Waals surface area contributed by atoms with E-state index in [0.29, 0.717) is 12.0 Å². The van der Waals surface area contributed by atoms with Crippen LogP contribution in [0.2, 0.25) is 0 Å². The maximum atomic E-state index is 10.3. The number of rotatable bonds is 3. The van der Waals surface area contributed by atoms with Crippen LogP contribution >= 0.6 is 10.7 Å². The molecule has 0 spiro atoms. The van der Waals surface area contributed by atoms with Crippen LogP contribution in [0, 0.1) is 0 Å². The maximum Gasteiger partial charge on any atom is 0.236 e. The minimum Gasteiger partial charge on any atom is -0.212 e. The molecular weight excluding hydrogens is 160 g/mol. The Hall–Kier alpha value is -0.0200. The molecule has 0 saturated carbocycles. The molecule has 2 nitrogen and oxygen atoms in total. The van der Waals surface area contributed by atoms with Gasteiger partial charge in [-0.05, 0) is 6.42 Å². The molecule has 0 unspecified atom stereocenters. The summed E-state index contributed by atoms with van der Waals surface area (Å²) in [5, 5.41) is 0. The fourth-order valence-corrected chi connectivity index (χ4v) is 1.50. The molecule has 4 heteroatoms. The highest BCUT2D eigenvalue weighted by Crippen LogP contribution is 2.05. The van der Waals surface area contributed by atoms with Crippen molar-refractivity contribution in [3.8, 4) is 0 Å². The zero-order valence-electron chi connectivity index (χ0n) is 5.22. The number of hydrogen-bond donors (Lipinski definition) is 0. The SMILES string of the molecule is C=C(CC)CS(=O)(=O)Cl. The predicted molar refractivity (Wildman–Crippen MR) is 39.1 cm³/mol. The molecule has 0 heterocycles. The third kappa shape index (κ3) is 5.86. The van der Waals surface area contributed by atoms with Gasteiger partial charge >= 0.3 is 0 Å².